The minimum Gasteiger partial charge on any atom is -0.378 e. The summed E-state index contributed by atoms with van der Waals surface area (Å²) in [6.45, 7) is 3.57. The van der Waals surface area contributed by atoms with Gasteiger partial charge in [-0.15, -0.1) is 0 Å². The second kappa shape index (κ2) is 6.52. The average molecular weight is 289 g/mol. The highest BCUT2D eigenvalue weighted by molar-refractivity contribution is 5.64. The summed E-state index contributed by atoms with van der Waals surface area (Å²) in [6, 6.07) is 6.72. The minimum absolute atomic E-state index is 0.0548. The Balaban J connectivity index is 2.09. The van der Waals surface area contributed by atoms with E-state index in [1.54, 1.807) is 12.1 Å². The van der Waals surface area contributed by atoms with E-state index in [0.717, 1.165) is 19.6 Å². The van der Waals surface area contributed by atoms with Crippen LogP contribution in [0.1, 0.15) is 5.56 Å². The van der Waals surface area contributed by atoms with E-state index in [0.29, 0.717) is 23.8 Å². The van der Waals surface area contributed by atoms with Crippen molar-refractivity contribution < 1.29 is 4.92 Å². The molecule has 1 atom stereocenters. The summed E-state index contributed by atoms with van der Waals surface area (Å²) in [5.74, 6) is 0. The predicted octanol–water partition coefficient (Wildman–Crippen LogP) is 1.12. The number of hydrogen-bond acceptors (Lipinski definition) is 6. The number of anilines is 1. The molecule has 0 amide bonds. The Morgan fingerprint density at radius 1 is 1.48 bits per heavy atom. The number of nitro groups is 1. The van der Waals surface area contributed by atoms with E-state index in [1.807, 2.05) is 6.07 Å². The third-order valence-electron chi connectivity index (χ3n) is 3.83. The van der Waals surface area contributed by atoms with Crippen LogP contribution < -0.4 is 5.32 Å². The van der Waals surface area contributed by atoms with Gasteiger partial charge in [-0.3, -0.25) is 15.0 Å². The number of nitrogens with one attached hydrogen (secondary N) is 1. The van der Waals surface area contributed by atoms with Gasteiger partial charge in [-0.25, -0.2) is 0 Å². The Morgan fingerprint density at radius 3 is 2.90 bits per heavy atom. The highest BCUT2D eigenvalue weighted by Gasteiger charge is 2.23. The van der Waals surface area contributed by atoms with Gasteiger partial charge in [0.25, 0.3) is 5.69 Å². The quantitative estimate of drug-likeness (QED) is 0.660. The van der Waals surface area contributed by atoms with Gasteiger partial charge in [-0.1, -0.05) is 0 Å². The van der Waals surface area contributed by atoms with Gasteiger partial charge in [0.1, 0.15) is 5.69 Å². The molecule has 1 saturated heterocycles. The van der Waals surface area contributed by atoms with Crippen LogP contribution in [0.5, 0.6) is 0 Å². The van der Waals surface area contributed by atoms with E-state index in [9.17, 15) is 10.1 Å². The second-order valence-electron chi connectivity index (χ2n) is 5.38. The highest BCUT2D eigenvalue weighted by Crippen LogP contribution is 2.25. The third kappa shape index (κ3) is 3.68. The van der Waals surface area contributed by atoms with Gasteiger partial charge in [-0.2, -0.15) is 5.26 Å². The molecule has 2 rings (SSSR count). The van der Waals surface area contributed by atoms with Gasteiger partial charge in [-0.05, 0) is 26.2 Å². The lowest BCUT2D eigenvalue weighted by Crippen LogP contribution is -2.52. The molecule has 0 spiro atoms. The van der Waals surface area contributed by atoms with Gasteiger partial charge >= 0.3 is 0 Å². The van der Waals surface area contributed by atoms with E-state index >= 15 is 0 Å². The SMILES string of the molecule is CN1CCN(C)C(CNc2ccc(C#N)cc2[N+](=O)[O-])C1. The number of benzene rings is 1. The number of nitrogens with zero attached hydrogens (tertiary/aromatic N) is 4. The smallest absolute Gasteiger partial charge is 0.293 e. The van der Waals surface area contributed by atoms with Crippen LogP contribution in [0.25, 0.3) is 0 Å². The van der Waals surface area contributed by atoms with Gasteiger partial charge in [0.05, 0.1) is 16.6 Å². The lowest BCUT2D eigenvalue weighted by atomic mass is 10.1. The maximum Gasteiger partial charge on any atom is 0.293 e. The van der Waals surface area contributed by atoms with Crippen LogP contribution in [-0.4, -0.2) is 61.0 Å². The summed E-state index contributed by atoms with van der Waals surface area (Å²) in [4.78, 5) is 15.1. The number of hydrogen-bond donors (Lipinski definition) is 1. The molecule has 1 aliphatic rings. The van der Waals surface area contributed by atoms with E-state index in [2.05, 4.69) is 29.2 Å². The van der Waals surface area contributed by atoms with Crippen molar-refractivity contribution in [3.8, 4) is 6.07 Å². The molecule has 112 valence electrons. The highest BCUT2D eigenvalue weighted by atomic mass is 16.6. The standard InChI is InChI=1S/C14H19N5O2/c1-17-5-6-18(2)12(10-17)9-16-13-4-3-11(8-15)7-14(13)19(20)21/h3-4,7,12,16H,5-6,9-10H2,1-2H3. The van der Waals surface area contributed by atoms with Crippen LogP contribution in [0.15, 0.2) is 18.2 Å². The maximum atomic E-state index is 11.1. The molecule has 1 heterocycles. The van der Waals surface area contributed by atoms with Gasteiger partial charge in [0.2, 0.25) is 0 Å². The first-order valence-electron chi connectivity index (χ1n) is 6.82. The topological polar surface area (TPSA) is 85.4 Å². The van der Waals surface area contributed by atoms with Crippen molar-refractivity contribution in [2.24, 2.45) is 0 Å². The van der Waals surface area contributed by atoms with Gasteiger partial charge in [0.15, 0.2) is 0 Å². The molecule has 0 aromatic heterocycles. The summed E-state index contributed by atoms with van der Waals surface area (Å²) in [5.41, 5.74) is 0.697. The molecule has 0 radical (unpaired) electrons. The molecule has 7 nitrogen and oxygen atoms in total. The van der Waals surface area contributed by atoms with Gasteiger partial charge in [0, 0.05) is 38.3 Å². The Morgan fingerprint density at radius 2 is 2.24 bits per heavy atom. The molecule has 1 fully saturated rings. The van der Waals surface area contributed by atoms with Crippen molar-refractivity contribution >= 4 is 11.4 Å². The van der Waals surface area contributed by atoms with Crippen LogP contribution >= 0.6 is 0 Å². The summed E-state index contributed by atoms with van der Waals surface area (Å²) >= 11 is 0. The van der Waals surface area contributed by atoms with Crippen molar-refractivity contribution in [1.29, 1.82) is 5.26 Å². The van der Waals surface area contributed by atoms with E-state index in [-0.39, 0.29) is 5.69 Å². The van der Waals surface area contributed by atoms with Crippen molar-refractivity contribution in [2.75, 3.05) is 45.6 Å². The molecule has 1 aromatic carbocycles. The minimum atomic E-state index is -0.458. The molecule has 1 unspecified atom stereocenters. The fraction of sp³-hybridized carbons (Fsp3) is 0.500. The van der Waals surface area contributed by atoms with Crippen LogP contribution in [-0.2, 0) is 0 Å². The summed E-state index contributed by atoms with van der Waals surface area (Å²) in [6.07, 6.45) is 0. The first-order chi connectivity index (χ1) is 10.0. The summed E-state index contributed by atoms with van der Waals surface area (Å²) < 4.78 is 0. The average Bonchev–Trinajstić information content (AvgIpc) is 2.48. The zero-order chi connectivity index (χ0) is 15.4. The van der Waals surface area contributed by atoms with Crippen LogP contribution in [0.4, 0.5) is 11.4 Å². The molecular weight excluding hydrogens is 270 g/mol. The number of nitro benzene ring substituents is 1. The molecule has 0 saturated carbocycles. The third-order valence-corrected chi connectivity index (χ3v) is 3.83. The zero-order valence-corrected chi connectivity index (χ0v) is 12.2. The predicted molar refractivity (Wildman–Crippen MR) is 80.2 cm³/mol. The van der Waals surface area contributed by atoms with Crippen molar-refractivity contribution in [1.82, 2.24) is 9.80 Å². The van der Waals surface area contributed by atoms with Gasteiger partial charge < -0.3 is 10.2 Å². The molecule has 1 N–H and O–H groups in total. The normalized spacial score (nSPS) is 20.0. The fourth-order valence-electron chi connectivity index (χ4n) is 2.45. The van der Waals surface area contributed by atoms with E-state index < -0.39 is 4.92 Å². The lowest BCUT2D eigenvalue weighted by Gasteiger charge is -2.37. The largest absolute Gasteiger partial charge is 0.378 e. The first-order valence-corrected chi connectivity index (χ1v) is 6.82. The van der Waals surface area contributed by atoms with Crippen molar-refractivity contribution in [2.45, 2.75) is 6.04 Å². The zero-order valence-electron chi connectivity index (χ0n) is 12.2. The van der Waals surface area contributed by atoms with Crippen LogP contribution in [0.3, 0.4) is 0 Å². The molecule has 1 aliphatic heterocycles. The monoisotopic (exact) mass is 289 g/mol. The molecule has 1 aromatic rings. The Labute approximate surface area is 123 Å². The summed E-state index contributed by atoms with van der Waals surface area (Å²) in [5, 5.41) is 23.1. The second-order valence-corrected chi connectivity index (χ2v) is 5.38. The Kier molecular flexibility index (Phi) is 4.73. The molecule has 7 heteroatoms. The Bertz CT molecular complexity index is 569. The number of rotatable bonds is 4. The van der Waals surface area contributed by atoms with Crippen LogP contribution in [0.2, 0.25) is 0 Å². The first kappa shape index (κ1) is 15.2. The molecule has 21 heavy (non-hydrogen) atoms. The molecule has 0 aliphatic carbocycles. The van der Waals surface area contributed by atoms with Crippen LogP contribution in [0, 0.1) is 21.4 Å². The number of piperazine rings is 1. The molecular formula is C14H19N5O2. The Hall–Kier alpha value is -2.17. The van der Waals surface area contributed by atoms with E-state index in [1.165, 1.54) is 6.07 Å². The number of nitriles is 1. The molecule has 0 bridgehead atoms. The fourth-order valence-corrected chi connectivity index (χ4v) is 2.45. The van der Waals surface area contributed by atoms with Crippen molar-refractivity contribution in [3.05, 3.63) is 33.9 Å². The lowest BCUT2D eigenvalue weighted by molar-refractivity contribution is -0.384. The van der Waals surface area contributed by atoms with E-state index in [4.69, 9.17) is 5.26 Å². The summed E-state index contributed by atoms with van der Waals surface area (Å²) in [7, 11) is 4.14. The maximum absolute atomic E-state index is 11.1. The van der Waals surface area contributed by atoms with Crippen molar-refractivity contribution in [3.63, 3.8) is 0 Å². The number of likely N-dealkylation sites (N-methyl/N-ethyl adjacent to an activating group) is 2.